The van der Waals surface area contributed by atoms with E-state index >= 15 is 0 Å². The number of halogens is 3. The molecule has 5 heteroatoms. The number of fused-ring (bicyclic) bond motifs is 2. The molecule has 0 aromatic heterocycles. The highest BCUT2D eigenvalue weighted by atomic mass is 35.5. The molecule has 0 saturated carbocycles. The van der Waals surface area contributed by atoms with Crippen molar-refractivity contribution in [2.45, 2.75) is 44.3 Å². The third kappa shape index (κ3) is 3.42. The van der Waals surface area contributed by atoms with Crippen LogP contribution in [0.1, 0.15) is 37.8 Å². The lowest BCUT2D eigenvalue weighted by Crippen LogP contribution is -2.36. The Morgan fingerprint density at radius 1 is 1.15 bits per heavy atom. The van der Waals surface area contributed by atoms with Crippen molar-refractivity contribution in [1.82, 2.24) is 10.2 Å². The fourth-order valence-electron chi connectivity index (χ4n) is 3.30. The lowest BCUT2D eigenvalue weighted by Gasteiger charge is -2.30. The van der Waals surface area contributed by atoms with Crippen LogP contribution >= 0.6 is 35.6 Å². The van der Waals surface area contributed by atoms with Crippen LogP contribution < -0.4 is 5.32 Å². The summed E-state index contributed by atoms with van der Waals surface area (Å²) in [6, 6.07) is 7.79. The van der Waals surface area contributed by atoms with E-state index in [1.807, 2.05) is 12.1 Å². The summed E-state index contributed by atoms with van der Waals surface area (Å²) in [4.78, 5) is 2.57. The van der Waals surface area contributed by atoms with Crippen molar-refractivity contribution < 1.29 is 0 Å². The van der Waals surface area contributed by atoms with Gasteiger partial charge in [-0.15, -0.1) is 12.4 Å². The number of nitrogens with one attached hydrogen (secondary N) is 1. The van der Waals surface area contributed by atoms with Crippen LogP contribution in [0.3, 0.4) is 0 Å². The first-order chi connectivity index (χ1) is 9.13. The van der Waals surface area contributed by atoms with Crippen LogP contribution in [0, 0.1) is 0 Å². The molecule has 2 aliphatic heterocycles. The average Bonchev–Trinajstić information content (AvgIpc) is 2.72. The van der Waals surface area contributed by atoms with Crippen LogP contribution in [-0.2, 0) is 0 Å². The van der Waals surface area contributed by atoms with E-state index < -0.39 is 0 Å². The maximum Gasteiger partial charge on any atom is 0.0595 e. The minimum absolute atomic E-state index is 0. The third-order valence-corrected chi connectivity index (χ3v) is 5.27. The van der Waals surface area contributed by atoms with Crippen molar-refractivity contribution in [3.63, 3.8) is 0 Å². The molecule has 112 valence electrons. The smallest absolute Gasteiger partial charge is 0.0595 e. The topological polar surface area (TPSA) is 15.3 Å². The van der Waals surface area contributed by atoms with Gasteiger partial charge in [-0.2, -0.15) is 0 Å². The summed E-state index contributed by atoms with van der Waals surface area (Å²) in [6.07, 6.45) is 3.91. The molecule has 2 saturated heterocycles. The van der Waals surface area contributed by atoms with E-state index in [1.165, 1.54) is 24.8 Å². The summed E-state index contributed by atoms with van der Waals surface area (Å²) in [5.74, 6) is 0. The Morgan fingerprint density at radius 3 is 2.65 bits per heavy atom. The predicted octanol–water partition coefficient (Wildman–Crippen LogP) is 4.30. The Kier molecular flexibility index (Phi) is 5.61. The summed E-state index contributed by atoms with van der Waals surface area (Å²) in [5.41, 5.74) is 1.26. The first kappa shape index (κ1) is 16.4. The molecule has 2 aliphatic rings. The number of likely N-dealkylation sites (tertiary alicyclic amines) is 1. The Hall–Kier alpha value is 0.01000. The Morgan fingerprint density at radius 2 is 1.90 bits per heavy atom. The molecule has 3 atom stereocenters. The predicted molar refractivity (Wildman–Crippen MR) is 88.3 cm³/mol. The fourth-order valence-corrected chi connectivity index (χ4v) is 3.61. The SMILES string of the molecule is CC(c1ccc(Cl)c(Cl)c1)N1CCC2CCC(C1)N2.Cl. The maximum atomic E-state index is 6.13. The average molecular weight is 336 g/mol. The van der Waals surface area contributed by atoms with Crippen LogP contribution in [0.25, 0.3) is 0 Å². The minimum atomic E-state index is 0. The van der Waals surface area contributed by atoms with Gasteiger partial charge < -0.3 is 5.32 Å². The number of rotatable bonds is 2. The molecule has 0 radical (unpaired) electrons. The molecule has 3 unspecified atom stereocenters. The molecule has 1 aromatic rings. The number of benzene rings is 1. The van der Waals surface area contributed by atoms with E-state index in [9.17, 15) is 0 Å². The zero-order valence-electron chi connectivity index (χ0n) is 11.6. The first-order valence-corrected chi connectivity index (χ1v) is 7.84. The lowest BCUT2D eigenvalue weighted by molar-refractivity contribution is 0.200. The highest BCUT2D eigenvalue weighted by Gasteiger charge is 2.31. The van der Waals surface area contributed by atoms with Crippen molar-refractivity contribution in [2.24, 2.45) is 0 Å². The van der Waals surface area contributed by atoms with Crippen LogP contribution in [-0.4, -0.2) is 30.1 Å². The van der Waals surface area contributed by atoms with Gasteiger partial charge in [-0.05, 0) is 43.9 Å². The molecular weight excluding hydrogens is 315 g/mol. The Bertz CT molecular complexity index is 466. The van der Waals surface area contributed by atoms with E-state index in [4.69, 9.17) is 23.2 Å². The molecule has 2 bridgehead atoms. The molecule has 2 heterocycles. The minimum Gasteiger partial charge on any atom is -0.310 e. The van der Waals surface area contributed by atoms with Crippen LogP contribution in [0.5, 0.6) is 0 Å². The Labute approximate surface area is 137 Å². The number of hydrogen-bond acceptors (Lipinski definition) is 2. The van der Waals surface area contributed by atoms with Gasteiger partial charge in [0.2, 0.25) is 0 Å². The molecule has 20 heavy (non-hydrogen) atoms. The van der Waals surface area contributed by atoms with Gasteiger partial charge in [0.25, 0.3) is 0 Å². The van der Waals surface area contributed by atoms with Crippen LogP contribution in [0.2, 0.25) is 10.0 Å². The molecule has 0 amide bonds. The zero-order valence-corrected chi connectivity index (χ0v) is 13.9. The van der Waals surface area contributed by atoms with Gasteiger partial charge in [-0.25, -0.2) is 0 Å². The van der Waals surface area contributed by atoms with Crippen LogP contribution in [0.4, 0.5) is 0 Å². The van der Waals surface area contributed by atoms with Gasteiger partial charge >= 0.3 is 0 Å². The van der Waals surface area contributed by atoms with E-state index in [0.29, 0.717) is 22.1 Å². The standard InChI is InChI=1S/C15H20Cl2N2.ClH/c1-10(11-2-5-14(16)15(17)8-11)19-7-6-12-3-4-13(9-19)18-12;/h2,5,8,10,12-13,18H,3-4,6-7,9H2,1H3;1H. The molecule has 1 N–H and O–H groups in total. The molecule has 3 rings (SSSR count). The van der Waals surface area contributed by atoms with E-state index in [2.05, 4.69) is 23.2 Å². The summed E-state index contributed by atoms with van der Waals surface area (Å²) < 4.78 is 0. The maximum absolute atomic E-state index is 6.13. The van der Waals surface area contributed by atoms with Gasteiger partial charge in [-0.3, -0.25) is 4.90 Å². The second kappa shape index (κ2) is 6.85. The molecule has 2 nitrogen and oxygen atoms in total. The van der Waals surface area contributed by atoms with E-state index in [-0.39, 0.29) is 12.4 Å². The van der Waals surface area contributed by atoms with Crippen molar-refractivity contribution in [2.75, 3.05) is 13.1 Å². The largest absolute Gasteiger partial charge is 0.310 e. The monoisotopic (exact) mass is 334 g/mol. The first-order valence-electron chi connectivity index (χ1n) is 7.08. The lowest BCUT2D eigenvalue weighted by atomic mass is 10.0. The molecular formula is C15H21Cl3N2. The summed E-state index contributed by atoms with van der Waals surface area (Å²) >= 11 is 12.1. The van der Waals surface area contributed by atoms with E-state index in [0.717, 1.165) is 19.1 Å². The van der Waals surface area contributed by atoms with Gasteiger partial charge in [0.1, 0.15) is 0 Å². The third-order valence-electron chi connectivity index (χ3n) is 4.53. The highest BCUT2D eigenvalue weighted by Crippen LogP contribution is 2.30. The van der Waals surface area contributed by atoms with Gasteiger partial charge in [-0.1, -0.05) is 29.3 Å². The zero-order chi connectivity index (χ0) is 13.4. The molecule has 2 fully saturated rings. The van der Waals surface area contributed by atoms with Gasteiger partial charge in [0.15, 0.2) is 0 Å². The van der Waals surface area contributed by atoms with Crippen molar-refractivity contribution >= 4 is 35.6 Å². The summed E-state index contributed by atoms with van der Waals surface area (Å²) in [5, 5.41) is 5.01. The second-order valence-electron chi connectivity index (χ2n) is 5.77. The van der Waals surface area contributed by atoms with Gasteiger partial charge in [0, 0.05) is 31.2 Å². The molecule has 0 spiro atoms. The number of nitrogens with zero attached hydrogens (tertiary/aromatic N) is 1. The quantitative estimate of drug-likeness (QED) is 0.866. The van der Waals surface area contributed by atoms with Crippen molar-refractivity contribution in [1.29, 1.82) is 0 Å². The molecule has 0 aliphatic carbocycles. The Balaban J connectivity index is 0.00000147. The van der Waals surface area contributed by atoms with E-state index in [1.54, 1.807) is 0 Å². The second-order valence-corrected chi connectivity index (χ2v) is 6.59. The van der Waals surface area contributed by atoms with Crippen molar-refractivity contribution in [3.8, 4) is 0 Å². The highest BCUT2D eigenvalue weighted by molar-refractivity contribution is 6.42. The van der Waals surface area contributed by atoms with Gasteiger partial charge in [0.05, 0.1) is 10.0 Å². The summed E-state index contributed by atoms with van der Waals surface area (Å²) in [7, 11) is 0. The fraction of sp³-hybridized carbons (Fsp3) is 0.600. The van der Waals surface area contributed by atoms with Crippen LogP contribution in [0.15, 0.2) is 18.2 Å². The number of hydrogen-bond donors (Lipinski definition) is 1. The van der Waals surface area contributed by atoms with Crippen molar-refractivity contribution in [3.05, 3.63) is 33.8 Å². The molecule has 1 aromatic carbocycles. The normalized spacial score (nSPS) is 27.8. The summed E-state index contributed by atoms with van der Waals surface area (Å²) in [6.45, 7) is 4.56.